The molecule has 1 amide bonds. The molecule has 0 unspecified atom stereocenters. The van der Waals surface area contributed by atoms with Crippen LogP contribution in [0.15, 0.2) is 48.7 Å². The number of piperazine rings is 2. The van der Waals surface area contributed by atoms with E-state index in [1.807, 2.05) is 41.4 Å². The van der Waals surface area contributed by atoms with E-state index in [0.29, 0.717) is 6.42 Å². The third kappa shape index (κ3) is 6.20. The fourth-order valence-corrected chi connectivity index (χ4v) is 4.45. The number of carbonyl (C=O) groups is 1. The largest absolute Gasteiger partial charge is 0.497 e. The maximum Gasteiger partial charge on any atom is 0.223 e. The predicted molar refractivity (Wildman–Crippen MR) is 127 cm³/mol. The molecule has 32 heavy (non-hydrogen) atoms. The lowest BCUT2D eigenvalue weighted by atomic mass is 10.1. The van der Waals surface area contributed by atoms with Crippen LogP contribution in [0.25, 0.3) is 0 Å². The van der Waals surface area contributed by atoms with Crippen molar-refractivity contribution in [3.8, 4) is 5.75 Å². The van der Waals surface area contributed by atoms with Crippen LogP contribution in [0.2, 0.25) is 0 Å². The van der Waals surface area contributed by atoms with E-state index in [2.05, 4.69) is 31.8 Å². The summed E-state index contributed by atoms with van der Waals surface area (Å²) >= 11 is 0. The van der Waals surface area contributed by atoms with Crippen molar-refractivity contribution in [1.82, 2.24) is 19.7 Å². The molecule has 1 aromatic carbocycles. The van der Waals surface area contributed by atoms with Crippen molar-refractivity contribution in [2.24, 2.45) is 0 Å². The summed E-state index contributed by atoms with van der Waals surface area (Å²) in [5.74, 6) is 2.20. The molecule has 0 bridgehead atoms. The number of nitrogens with zero attached hydrogens (tertiary/aromatic N) is 5. The van der Waals surface area contributed by atoms with Crippen molar-refractivity contribution in [1.29, 1.82) is 0 Å². The van der Waals surface area contributed by atoms with Crippen molar-refractivity contribution >= 4 is 11.7 Å². The van der Waals surface area contributed by atoms with Crippen LogP contribution in [0.4, 0.5) is 5.82 Å². The molecular weight excluding hydrogens is 402 g/mol. The van der Waals surface area contributed by atoms with Crippen LogP contribution >= 0.6 is 0 Å². The van der Waals surface area contributed by atoms with Crippen molar-refractivity contribution in [3.05, 3.63) is 54.2 Å². The topological polar surface area (TPSA) is 52.2 Å². The van der Waals surface area contributed by atoms with Gasteiger partial charge in [0, 0.05) is 78.1 Å². The Hall–Kier alpha value is -2.64. The Balaban J connectivity index is 1.11. The van der Waals surface area contributed by atoms with Crippen LogP contribution in [0.3, 0.4) is 0 Å². The number of benzene rings is 1. The van der Waals surface area contributed by atoms with E-state index in [-0.39, 0.29) is 5.91 Å². The lowest BCUT2D eigenvalue weighted by Gasteiger charge is -2.37. The van der Waals surface area contributed by atoms with E-state index >= 15 is 0 Å². The van der Waals surface area contributed by atoms with E-state index in [0.717, 1.165) is 83.4 Å². The average molecular weight is 438 g/mol. The zero-order valence-corrected chi connectivity index (χ0v) is 19.2. The summed E-state index contributed by atoms with van der Waals surface area (Å²) in [7, 11) is 1.70. The molecule has 0 saturated carbocycles. The standard InChI is InChI=1S/C25H35N5O2/c1-32-23-7-5-22(6-8-23)9-12-27-14-16-28(17-15-27)13-10-25(31)30-20-18-29(19-21-30)24-4-2-3-11-26-24/h2-8,11H,9-10,12-21H2,1H3. The zero-order chi connectivity index (χ0) is 22.2. The summed E-state index contributed by atoms with van der Waals surface area (Å²) in [4.78, 5) is 26.4. The molecule has 0 N–H and O–H groups in total. The van der Waals surface area contributed by atoms with Crippen LogP contribution in [-0.4, -0.2) is 98.1 Å². The minimum absolute atomic E-state index is 0.285. The molecule has 0 spiro atoms. The SMILES string of the molecule is COc1ccc(CCN2CCN(CCC(=O)N3CCN(c4ccccn4)CC3)CC2)cc1. The first kappa shape index (κ1) is 22.6. The average Bonchev–Trinajstić information content (AvgIpc) is 2.87. The number of methoxy groups -OCH3 is 1. The minimum Gasteiger partial charge on any atom is -0.497 e. The third-order valence-corrected chi connectivity index (χ3v) is 6.59. The quantitative estimate of drug-likeness (QED) is 0.630. The van der Waals surface area contributed by atoms with Gasteiger partial charge in [0.1, 0.15) is 11.6 Å². The van der Waals surface area contributed by atoms with Crippen molar-refractivity contribution in [2.45, 2.75) is 12.8 Å². The highest BCUT2D eigenvalue weighted by molar-refractivity contribution is 5.76. The van der Waals surface area contributed by atoms with Crippen molar-refractivity contribution < 1.29 is 9.53 Å². The molecule has 7 heteroatoms. The second-order valence-electron chi connectivity index (χ2n) is 8.59. The third-order valence-electron chi connectivity index (χ3n) is 6.59. The molecule has 3 heterocycles. The zero-order valence-electron chi connectivity index (χ0n) is 19.2. The summed E-state index contributed by atoms with van der Waals surface area (Å²) < 4.78 is 5.23. The van der Waals surface area contributed by atoms with Gasteiger partial charge in [-0.05, 0) is 36.2 Å². The number of hydrogen-bond acceptors (Lipinski definition) is 6. The van der Waals surface area contributed by atoms with Crippen molar-refractivity contribution in [3.63, 3.8) is 0 Å². The van der Waals surface area contributed by atoms with Crippen LogP contribution in [0.1, 0.15) is 12.0 Å². The summed E-state index contributed by atoms with van der Waals surface area (Å²) in [6, 6.07) is 14.3. The molecule has 172 valence electrons. The monoisotopic (exact) mass is 437 g/mol. The normalized spacial score (nSPS) is 18.0. The smallest absolute Gasteiger partial charge is 0.223 e. The Bertz CT molecular complexity index is 829. The Kier molecular flexibility index (Phi) is 7.96. The molecule has 0 aliphatic carbocycles. The number of hydrogen-bond donors (Lipinski definition) is 0. The van der Waals surface area contributed by atoms with E-state index in [4.69, 9.17) is 4.74 Å². The molecular formula is C25H35N5O2. The maximum atomic E-state index is 12.7. The van der Waals surface area contributed by atoms with Crippen LogP contribution in [0.5, 0.6) is 5.75 Å². The van der Waals surface area contributed by atoms with Gasteiger partial charge in [-0.2, -0.15) is 0 Å². The highest BCUT2D eigenvalue weighted by atomic mass is 16.5. The van der Waals surface area contributed by atoms with Gasteiger partial charge in [-0.3, -0.25) is 4.79 Å². The van der Waals surface area contributed by atoms with Crippen LogP contribution in [0, 0.1) is 0 Å². The number of anilines is 1. The second-order valence-corrected chi connectivity index (χ2v) is 8.59. The van der Waals surface area contributed by atoms with Crippen LogP contribution < -0.4 is 9.64 Å². The first-order valence-electron chi connectivity index (χ1n) is 11.7. The van der Waals surface area contributed by atoms with Gasteiger partial charge in [0.05, 0.1) is 7.11 Å². The summed E-state index contributed by atoms with van der Waals surface area (Å²) in [6.45, 7) is 9.48. The van der Waals surface area contributed by atoms with E-state index in [1.54, 1.807) is 7.11 Å². The number of ether oxygens (including phenoxy) is 1. The van der Waals surface area contributed by atoms with Crippen molar-refractivity contribution in [2.75, 3.05) is 77.5 Å². The fraction of sp³-hybridized carbons (Fsp3) is 0.520. The molecule has 2 aliphatic rings. The number of aromatic nitrogens is 1. The number of rotatable bonds is 8. The summed E-state index contributed by atoms with van der Waals surface area (Å²) in [5, 5.41) is 0. The first-order chi connectivity index (χ1) is 15.7. The molecule has 1 aromatic heterocycles. The maximum absolute atomic E-state index is 12.7. The molecule has 4 rings (SSSR count). The molecule has 0 atom stereocenters. The second kappa shape index (κ2) is 11.3. The molecule has 7 nitrogen and oxygen atoms in total. The molecule has 2 saturated heterocycles. The molecule has 2 aromatic rings. The Morgan fingerprint density at radius 1 is 0.875 bits per heavy atom. The van der Waals surface area contributed by atoms with Gasteiger partial charge in [0.25, 0.3) is 0 Å². The summed E-state index contributed by atoms with van der Waals surface area (Å²) in [6.07, 6.45) is 3.51. The van der Waals surface area contributed by atoms with Gasteiger partial charge >= 0.3 is 0 Å². The number of carbonyl (C=O) groups excluding carboxylic acids is 1. The number of amides is 1. The van der Waals surface area contributed by atoms with E-state index in [1.165, 1.54) is 5.56 Å². The van der Waals surface area contributed by atoms with Gasteiger partial charge in [-0.1, -0.05) is 18.2 Å². The van der Waals surface area contributed by atoms with Gasteiger partial charge in [0.2, 0.25) is 5.91 Å². The molecule has 2 aliphatic heterocycles. The minimum atomic E-state index is 0.285. The van der Waals surface area contributed by atoms with Gasteiger partial charge in [-0.25, -0.2) is 4.98 Å². The predicted octanol–water partition coefficient (Wildman–Crippen LogP) is 1.99. The Labute approximate surface area is 191 Å². The fourth-order valence-electron chi connectivity index (χ4n) is 4.45. The van der Waals surface area contributed by atoms with E-state index < -0.39 is 0 Å². The highest BCUT2D eigenvalue weighted by Gasteiger charge is 2.23. The lowest BCUT2D eigenvalue weighted by Crippen LogP contribution is -2.50. The summed E-state index contributed by atoms with van der Waals surface area (Å²) in [5.41, 5.74) is 1.35. The van der Waals surface area contributed by atoms with Crippen LogP contribution in [-0.2, 0) is 11.2 Å². The lowest BCUT2D eigenvalue weighted by molar-refractivity contribution is -0.131. The first-order valence-corrected chi connectivity index (χ1v) is 11.7. The van der Waals surface area contributed by atoms with Gasteiger partial charge < -0.3 is 24.3 Å². The number of pyridine rings is 1. The van der Waals surface area contributed by atoms with Gasteiger partial charge in [0.15, 0.2) is 0 Å². The Morgan fingerprint density at radius 3 is 2.19 bits per heavy atom. The molecule has 2 fully saturated rings. The highest BCUT2D eigenvalue weighted by Crippen LogP contribution is 2.14. The van der Waals surface area contributed by atoms with E-state index in [9.17, 15) is 4.79 Å². The van der Waals surface area contributed by atoms with Gasteiger partial charge in [-0.15, -0.1) is 0 Å². The molecule has 0 radical (unpaired) electrons. The Morgan fingerprint density at radius 2 is 1.56 bits per heavy atom.